The van der Waals surface area contributed by atoms with Crippen molar-refractivity contribution in [2.24, 2.45) is 0 Å². The fourth-order valence-electron chi connectivity index (χ4n) is 2.99. The average Bonchev–Trinajstić information content (AvgIpc) is 3.39. The van der Waals surface area contributed by atoms with Crippen molar-refractivity contribution < 1.29 is 14.0 Å². The third-order valence-electron chi connectivity index (χ3n) is 4.47. The van der Waals surface area contributed by atoms with E-state index in [1.807, 2.05) is 37.3 Å². The quantitative estimate of drug-likeness (QED) is 0.745. The van der Waals surface area contributed by atoms with Gasteiger partial charge in [0.15, 0.2) is 0 Å². The molecule has 2 aromatic carbocycles. The molecule has 2 atom stereocenters. The Kier molecular flexibility index (Phi) is 5.51. The normalized spacial score (nSPS) is 18.1. The predicted molar refractivity (Wildman–Crippen MR) is 98.5 cm³/mol. The van der Waals surface area contributed by atoms with Crippen molar-refractivity contribution in [3.8, 4) is 0 Å². The Balaban J connectivity index is 1.43. The van der Waals surface area contributed by atoms with Gasteiger partial charge in [0.2, 0.25) is 5.91 Å². The van der Waals surface area contributed by atoms with E-state index < -0.39 is 6.03 Å². The molecule has 0 spiro atoms. The summed E-state index contributed by atoms with van der Waals surface area (Å²) in [6.45, 7) is 1.91. The van der Waals surface area contributed by atoms with E-state index in [1.54, 1.807) is 6.07 Å². The maximum absolute atomic E-state index is 13.2. The maximum Gasteiger partial charge on any atom is 0.315 e. The van der Waals surface area contributed by atoms with Crippen molar-refractivity contribution in [1.29, 1.82) is 0 Å². The molecule has 26 heavy (non-hydrogen) atoms. The van der Waals surface area contributed by atoms with Crippen LogP contribution in [0.2, 0.25) is 0 Å². The minimum absolute atomic E-state index is 0.0271. The molecule has 0 saturated heterocycles. The summed E-state index contributed by atoms with van der Waals surface area (Å²) in [5.74, 6) is -0.429. The maximum atomic E-state index is 13.2. The Morgan fingerprint density at radius 2 is 1.96 bits per heavy atom. The largest absolute Gasteiger partial charge is 0.335 e. The van der Waals surface area contributed by atoms with Gasteiger partial charge >= 0.3 is 6.03 Å². The van der Waals surface area contributed by atoms with Crippen LogP contribution in [0.15, 0.2) is 48.5 Å². The molecule has 2 unspecified atom stereocenters. The number of hydrogen-bond acceptors (Lipinski definition) is 2. The van der Waals surface area contributed by atoms with Gasteiger partial charge in [0.1, 0.15) is 5.82 Å². The molecule has 2 aromatic rings. The summed E-state index contributed by atoms with van der Waals surface area (Å²) in [4.78, 5) is 24.0. The van der Waals surface area contributed by atoms with Crippen LogP contribution in [0, 0.1) is 5.82 Å². The number of carbonyl (C=O) groups is 2. The first-order chi connectivity index (χ1) is 12.6. The topological polar surface area (TPSA) is 70.2 Å². The molecule has 1 aliphatic carbocycles. The number of anilines is 1. The lowest BCUT2D eigenvalue weighted by Crippen LogP contribution is -2.41. The molecule has 136 valence electrons. The first-order valence-corrected chi connectivity index (χ1v) is 8.74. The zero-order valence-electron chi connectivity index (χ0n) is 14.6. The Morgan fingerprint density at radius 1 is 1.15 bits per heavy atom. The van der Waals surface area contributed by atoms with Gasteiger partial charge in [0, 0.05) is 17.6 Å². The van der Waals surface area contributed by atoms with Crippen LogP contribution >= 0.6 is 0 Å². The number of nitrogens with one attached hydrogen (secondary N) is 3. The Morgan fingerprint density at radius 3 is 2.73 bits per heavy atom. The molecule has 3 N–H and O–H groups in total. The molecule has 1 saturated carbocycles. The van der Waals surface area contributed by atoms with Crippen LogP contribution in [0.1, 0.15) is 30.4 Å². The monoisotopic (exact) mass is 355 g/mol. The van der Waals surface area contributed by atoms with Crippen LogP contribution < -0.4 is 16.0 Å². The molecule has 0 radical (unpaired) electrons. The van der Waals surface area contributed by atoms with Gasteiger partial charge in [-0.1, -0.05) is 37.3 Å². The number of rotatable bonds is 6. The number of halogens is 1. The van der Waals surface area contributed by atoms with Crippen molar-refractivity contribution in [3.63, 3.8) is 0 Å². The van der Waals surface area contributed by atoms with Gasteiger partial charge in [0.25, 0.3) is 0 Å². The lowest BCUT2D eigenvalue weighted by atomic mass is 10.1. The van der Waals surface area contributed by atoms with E-state index >= 15 is 0 Å². The first-order valence-electron chi connectivity index (χ1n) is 8.74. The zero-order chi connectivity index (χ0) is 18.5. The minimum Gasteiger partial charge on any atom is -0.335 e. The van der Waals surface area contributed by atoms with Gasteiger partial charge in [-0.15, -0.1) is 0 Å². The molecule has 3 amide bonds. The van der Waals surface area contributed by atoms with E-state index in [-0.39, 0.29) is 30.2 Å². The van der Waals surface area contributed by atoms with E-state index in [2.05, 4.69) is 16.0 Å². The number of para-hydroxylation sites is 1. The summed E-state index contributed by atoms with van der Waals surface area (Å²) in [5.41, 5.74) is 2.68. The van der Waals surface area contributed by atoms with Gasteiger partial charge in [-0.25, -0.2) is 9.18 Å². The lowest BCUT2D eigenvalue weighted by molar-refractivity contribution is -0.115. The second kappa shape index (κ2) is 7.99. The number of aryl methyl sites for hydroxylation is 1. The molecule has 6 heteroatoms. The molecular formula is C20H22FN3O2. The molecule has 5 nitrogen and oxygen atoms in total. The molecule has 0 aromatic heterocycles. The van der Waals surface area contributed by atoms with Crippen LogP contribution in [0.5, 0.6) is 0 Å². The number of carbonyl (C=O) groups excluding carboxylic acids is 2. The van der Waals surface area contributed by atoms with Crippen LogP contribution in [-0.4, -0.2) is 24.5 Å². The molecule has 0 heterocycles. The number of hydrogen-bond donors (Lipinski definition) is 3. The summed E-state index contributed by atoms with van der Waals surface area (Å²) < 4.78 is 13.2. The highest BCUT2D eigenvalue weighted by molar-refractivity contribution is 5.95. The standard InChI is InChI=1S/C20H22FN3O2/c1-2-13-6-3-4-9-17(13)23-19(25)12-22-20(26)24-18-11-16(18)14-7-5-8-15(21)10-14/h3-10,16,18H,2,11-12H2,1H3,(H,23,25)(H2,22,24,26). The van der Waals surface area contributed by atoms with Gasteiger partial charge < -0.3 is 16.0 Å². The van der Waals surface area contributed by atoms with E-state index in [0.29, 0.717) is 0 Å². The lowest BCUT2D eigenvalue weighted by Gasteiger charge is -2.11. The molecule has 0 aliphatic heterocycles. The van der Waals surface area contributed by atoms with E-state index in [0.717, 1.165) is 29.7 Å². The van der Waals surface area contributed by atoms with Crippen LogP contribution in [0.4, 0.5) is 14.9 Å². The number of benzene rings is 2. The number of urea groups is 1. The highest BCUT2D eigenvalue weighted by Crippen LogP contribution is 2.40. The van der Waals surface area contributed by atoms with Crippen LogP contribution in [-0.2, 0) is 11.2 Å². The molecule has 1 fully saturated rings. The molecule has 1 aliphatic rings. The Hall–Kier alpha value is -2.89. The zero-order valence-corrected chi connectivity index (χ0v) is 14.6. The van der Waals surface area contributed by atoms with Crippen molar-refractivity contribution in [2.75, 3.05) is 11.9 Å². The van der Waals surface area contributed by atoms with Crippen LogP contribution in [0.25, 0.3) is 0 Å². The van der Waals surface area contributed by atoms with Crippen molar-refractivity contribution in [3.05, 3.63) is 65.5 Å². The van der Waals surface area contributed by atoms with Crippen molar-refractivity contribution in [2.45, 2.75) is 31.7 Å². The predicted octanol–water partition coefficient (Wildman–Crippen LogP) is 3.18. The van der Waals surface area contributed by atoms with Gasteiger partial charge in [0.05, 0.1) is 6.54 Å². The van der Waals surface area contributed by atoms with Crippen molar-refractivity contribution in [1.82, 2.24) is 10.6 Å². The van der Waals surface area contributed by atoms with Gasteiger partial charge in [-0.3, -0.25) is 4.79 Å². The molecule has 3 rings (SSSR count). The van der Waals surface area contributed by atoms with Gasteiger partial charge in [-0.05, 0) is 42.2 Å². The fourth-order valence-corrected chi connectivity index (χ4v) is 2.99. The molecular weight excluding hydrogens is 333 g/mol. The SMILES string of the molecule is CCc1ccccc1NC(=O)CNC(=O)NC1CC1c1cccc(F)c1. The summed E-state index contributed by atoms with van der Waals surface area (Å²) in [7, 11) is 0. The first kappa shape index (κ1) is 17.9. The number of amides is 3. The highest BCUT2D eigenvalue weighted by Gasteiger charge is 2.39. The van der Waals surface area contributed by atoms with E-state index in [1.165, 1.54) is 12.1 Å². The minimum atomic E-state index is -0.396. The average molecular weight is 355 g/mol. The van der Waals surface area contributed by atoms with E-state index in [9.17, 15) is 14.0 Å². The third kappa shape index (κ3) is 4.59. The third-order valence-corrected chi connectivity index (χ3v) is 4.47. The summed E-state index contributed by atoms with van der Waals surface area (Å²) in [5, 5.41) is 8.17. The Bertz CT molecular complexity index is 809. The van der Waals surface area contributed by atoms with Crippen molar-refractivity contribution >= 4 is 17.6 Å². The van der Waals surface area contributed by atoms with E-state index in [4.69, 9.17) is 0 Å². The smallest absolute Gasteiger partial charge is 0.315 e. The summed E-state index contributed by atoms with van der Waals surface area (Å²) >= 11 is 0. The molecule has 0 bridgehead atoms. The summed E-state index contributed by atoms with van der Waals surface area (Å²) in [6.07, 6.45) is 1.58. The second-order valence-corrected chi connectivity index (χ2v) is 6.39. The Labute approximate surface area is 152 Å². The highest BCUT2D eigenvalue weighted by atomic mass is 19.1. The van der Waals surface area contributed by atoms with Gasteiger partial charge in [-0.2, -0.15) is 0 Å². The van der Waals surface area contributed by atoms with Crippen LogP contribution in [0.3, 0.4) is 0 Å². The fraction of sp³-hybridized carbons (Fsp3) is 0.300. The summed E-state index contributed by atoms with van der Waals surface area (Å²) in [6, 6.07) is 13.6. The second-order valence-electron chi connectivity index (χ2n) is 6.39.